The smallest absolute Gasteiger partial charge is 0.257 e. The van der Waals surface area contributed by atoms with E-state index in [-0.39, 0.29) is 11.6 Å². The van der Waals surface area contributed by atoms with E-state index in [1.165, 1.54) is 5.56 Å². The van der Waals surface area contributed by atoms with Gasteiger partial charge < -0.3 is 5.32 Å². The summed E-state index contributed by atoms with van der Waals surface area (Å²) < 4.78 is 25.4. The van der Waals surface area contributed by atoms with Crippen LogP contribution in [0, 0.1) is 6.92 Å². The lowest BCUT2D eigenvalue weighted by Crippen LogP contribution is -2.17. The molecule has 0 saturated heterocycles. The molecule has 0 heterocycles. The van der Waals surface area contributed by atoms with Gasteiger partial charge in [0.05, 0.1) is 17.5 Å². The Morgan fingerprint density at radius 2 is 1.76 bits per heavy atom. The molecule has 0 saturated carbocycles. The number of carbonyl (C=O) groups is 1. The van der Waals surface area contributed by atoms with Gasteiger partial charge in [0.25, 0.3) is 5.91 Å². The van der Waals surface area contributed by atoms with E-state index < -0.39 is 10.0 Å². The Bertz CT molecular complexity index is 843. The molecule has 134 valence electrons. The van der Waals surface area contributed by atoms with Gasteiger partial charge in [-0.1, -0.05) is 37.1 Å². The molecule has 0 radical (unpaired) electrons. The van der Waals surface area contributed by atoms with Crippen molar-refractivity contribution in [3.05, 3.63) is 59.2 Å². The van der Waals surface area contributed by atoms with Crippen molar-refractivity contribution in [1.29, 1.82) is 0 Å². The second-order valence-electron chi connectivity index (χ2n) is 6.18. The van der Waals surface area contributed by atoms with Crippen LogP contribution in [0.25, 0.3) is 0 Å². The number of hydrogen-bond donors (Lipinski definition) is 2. The molecule has 0 aromatic heterocycles. The predicted molar refractivity (Wildman–Crippen MR) is 103 cm³/mol. The molecule has 1 amide bonds. The van der Waals surface area contributed by atoms with Crippen molar-refractivity contribution in [2.75, 3.05) is 16.3 Å². The first-order valence-electron chi connectivity index (χ1n) is 8.27. The van der Waals surface area contributed by atoms with Crippen molar-refractivity contribution in [2.24, 2.45) is 0 Å². The zero-order valence-electron chi connectivity index (χ0n) is 14.8. The zero-order valence-corrected chi connectivity index (χ0v) is 15.6. The van der Waals surface area contributed by atoms with Crippen LogP contribution >= 0.6 is 0 Å². The minimum absolute atomic E-state index is 0.269. The van der Waals surface area contributed by atoms with Crippen LogP contribution in [-0.4, -0.2) is 20.6 Å². The summed E-state index contributed by atoms with van der Waals surface area (Å²) in [7, 11) is -3.46. The third-order valence-corrected chi connectivity index (χ3v) is 4.34. The van der Waals surface area contributed by atoms with Gasteiger partial charge >= 0.3 is 0 Å². The third kappa shape index (κ3) is 5.90. The molecule has 2 rings (SSSR count). The van der Waals surface area contributed by atoms with Crippen molar-refractivity contribution >= 4 is 27.3 Å². The molecular formula is C19H24N2O3S. The summed E-state index contributed by atoms with van der Waals surface area (Å²) in [6.07, 6.45) is 4.35. The molecule has 0 spiro atoms. The number of carbonyl (C=O) groups excluding carboxylic acids is 1. The Balaban J connectivity index is 2.18. The fourth-order valence-corrected chi connectivity index (χ4v) is 3.05. The Morgan fingerprint density at radius 3 is 2.36 bits per heavy atom. The average Bonchev–Trinajstić information content (AvgIpc) is 2.54. The summed E-state index contributed by atoms with van der Waals surface area (Å²) in [6, 6.07) is 12.7. The Hall–Kier alpha value is -2.34. The molecule has 2 aromatic rings. The summed E-state index contributed by atoms with van der Waals surface area (Å²) in [6.45, 7) is 4.00. The number of hydrogen-bond acceptors (Lipinski definition) is 3. The fourth-order valence-electron chi connectivity index (χ4n) is 2.47. The molecular weight excluding hydrogens is 336 g/mol. The van der Waals surface area contributed by atoms with E-state index in [9.17, 15) is 13.2 Å². The quantitative estimate of drug-likeness (QED) is 0.785. The molecule has 0 aliphatic heterocycles. The van der Waals surface area contributed by atoms with E-state index in [4.69, 9.17) is 0 Å². The van der Waals surface area contributed by atoms with Crippen LogP contribution in [0.2, 0.25) is 0 Å². The topological polar surface area (TPSA) is 75.3 Å². The second-order valence-corrected chi connectivity index (χ2v) is 7.93. The standard InChI is InChI=1S/C19H24N2O3S/c1-4-5-6-15-8-10-16(11-9-15)20-19(22)17-13-14(2)7-12-18(17)21-25(3,23)24/h7-13,21H,4-6H2,1-3H3,(H,20,22). The van der Waals surface area contributed by atoms with Crippen LogP contribution in [-0.2, 0) is 16.4 Å². The Morgan fingerprint density at radius 1 is 1.08 bits per heavy atom. The SMILES string of the molecule is CCCCc1ccc(NC(=O)c2cc(C)ccc2NS(C)(=O)=O)cc1. The first-order chi connectivity index (χ1) is 11.8. The number of benzene rings is 2. The number of sulfonamides is 1. The largest absolute Gasteiger partial charge is 0.322 e. The van der Waals surface area contributed by atoms with E-state index >= 15 is 0 Å². The van der Waals surface area contributed by atoms with Crippen molar-refractivity contribution in [2.45, 2.75) is 33.1 Å². The molecule has 6 heteroatoms. The molecule has 2 N–H and O–H groups in total. The van der Waals surface area contributed by atoms with Gasteiger partial charge in [0, 0.05) is 5.69 Å². The maximum absolute atomic E-state index is 12.6. The number of anilines is 2. The highest BCUT2D eigenvalue weighted by Gasteiger charge is 2.15. The first kappa shape index (κ1) is 19.0. The summed E-state index contributed by atoms with van der Waals surface area (Å²) in [5.41, 5.74) is 3.34. The van der Waals surface area contributed by atoms with Crippen molar-refractivity contribution in [3.8, 4) is 0 Å². The number of nitrogens with one attached hydrogen (secondary N) is 2. The van der Waals surface area contributed by atoms with E-state index in [2.05, 4.69) is 17.0 Å². The molecule has 0 atom stereocenters. The molecule has 0 unspecified atom stereocenters. The van der Waals surface area contributed by atoms with E-state index in [0.29, 0.717) is 11.3 Å². The number of aryl methyl sites for hydroxylation is 2. The second kappa shape index (κ2) is 8.16. The normalized spacial score (nSPS) is 11.2. The first-order valence-corrected chi connectivity index (χ1v) is 10.2. The maximum Gasteiger partial charge on any atom is 0.257 e. The summed E-state index contributed by atoms with van der Waals surface area (Å²) >= 11 is 0. The maximum atomic E-state index is 12.6. The van der Waals surface area contributed by atoms with Crippen LogP contribution in [0.1, 0.15) is 41.3 Å². The van der Waals surface area contributed by atoms with E-state index in [1.807, 2.05) is 31.2 Å². The fraction of sp³-hybridized carbons (Fsp3) is 0.316. The number of unbranched alkanes of at least 4 members (excludes halogenated alkanes) is 1. The highest BCUT2D eigenvalue weighted by atomic mass is 32.2. The van der Waals surface area contributed by atoms with Gasteiger partial charge in [-0.15, -0.1) is 0 Å². The number of amides is 1. The van der Waals surface area contributed by atoms with Crippen molar-refractivity contribution in [3.63, 3.8) is 0 Å². The molecule has 25 heavy (non-hydrogen) atoms. The Labute approximate surface area is 149 Å². The Kier molecular flexibility index (Phi) is 6.20. The monoisotopic (exact) mass is 360 g/mol. The summed E-state index contributed by atoms with van der Waals surface area (Å²) in [4.78, 5) is 12.6. The van der Waals surface area contributed by atoms with E-state index in [0.717, 1.165) is 31.1 Å². The lowest BCUT2D eigenvalue weighted by atomic mass is 10.1. The summed E-state index contributed by atoms with van der Waals surface area (Å²) in [5, 5.41) is 2.82. The van der Waals surface area contributed by atoms with Crippen molar-refractivity contribution in [1.82, 2.24) is 0 Å². The van der Waals surface area contributed by atoms with Gasteiger partial charge in [-0.2, -0.15) is 0 Å². The molecule has 0 aliphatic rings. The molecule has 0 bridgehead atoms. The molecule has 0 fully saturated rings. The average molecular weight is 360 g/mol. The van der Waals surface area contributed by atoms with Crippen LogP contribution in [0.4, 0.5) is 11.4 Å². The van der Waals surface area contributed by atoms with Gasteiger partial charge in [0.1, 0.15) is 0 Å². The minimum Gasteiger partial charge on any atom is -0.322 e. The van der Waals surface area contributed by atoms with Gasteiger partial charge in [0.15, 0.2) is 0 Å². The van der Waals surface area contributed by atoms with Crippen LogP contribution in [0.3, 0.4) is 0 Å². The van der Waals surface area contributed by atoms with Crippen molar-refractivity contribution < 1.29 is 13.2 Å². The molecule has 5 nitrogen and oxygen atoms in total. The van der Waals surface area contributed by atoms with Crippen LogP contribution < -0.4 is 10.0 Å². The highest BCUT2D eigenvalue weighted by molar-refractivity contribution is 7.92. The minimum atomic E-state index is -3.46. The van der Waals surface area contributed by atoms with Gasteiger partial charge in [-0.25, -0.2) is 8.42 Å². The van der Waals surface area contributed by atoms with Gasteiger partial charge in [-0.05, 0) is 49.6 Å². The van der Waals surface area contributed by atoms with Gasteiger partial charge in [0.2, 0.25) is 10.0 Å². The van der Waals surface area contributed by atoms with Gasteiger partial charge in [-0.3, -0.25) is 9.52 Å². The number of rotatable bonds is 7. The van der Waals surface area contributed by atoms with Crippen LogP contribution in [0.5, 0.6) is 0 Å². The molecule has 2 aromatic carbocycles. The lowest BCUT2D eigenvalue weighted by molar-refractivity contribution is 0.102. The van der Waals surface area contributed by atoms with Crippen LogP contribution in [0.15, 0.2) is 42.5 Å². The lowest BCUT2D eigenvalue weighted by Gasteiger charge is -2.12. The predicted octanol–water partition coefficient (Wildman–Crippen LogP) is 3.96. The van der Waals surface area contributed by atoms with E-state index in [1.54, 1.807) is 18.2 Å². The third-order valence-electron chi connectivity index (χ3n) is 3.75. The zero-order chi connectivity index (χ0) is 18.4. The molecule has 0 aliphatic carbocycles. The summed E-state index contributed by atoms with van der Waals surface area (Å²) in [5.74, 6) is -0.351. The highest BCUT2D eigenvalue weighted by Crippen LogP contribution is 2.21.